The van der Waals surface area contributed by atoms with Crippen molar-refractivity contribution in [3.63, 3.8) is 0 Å². The van der Waals surface area contributed by atoms with Crippen LogP contribution < -0.4 is 10.9 Å². The lowest BCUT2D eigenvalue weighted by atomic mass is 9.76. The van der Waals surface area contributed by atoms with Gasteiger partial charge in [-0.2, -0.15) is 5.26 Å². The van der Waals surface area contributed by atoms with Crippen LogP contribution in [0.5, 0.6) is 0 Å². The van der Waals surface area contributed by atoms with Crippen LogP contribution in [0.25, 0.3) is 0 Å². The summed E-state index contributed by atoms with van der Waals surface area (Å²) in [5, 5.41) is 23.5. The van der Waals surface area contributed by atoms with Gasteiger partial charge in [0.15, 0.2) is 0 Å². The Bertz CT molecular complexity index is 845. The number of carbonyl (C=O) groups excluding carboxylic acids is 1. The van der Waals surface area contributed by atoms with Crippen LogP contribution in [-0.2, 0) is 0 Å². The Morgan fingerprint density at radius 1 is 1.54 bits per heavy atom. The number of thiophene rings is 1. The minimum Gasteiger partial charge on any atom is -0.393 e. The van der Waals surface area contributed by atoms with Gasteiger partial charge in [0.05, 0.1) is 17.7 Å². The number of H-pyrrole nitrogens is 1. The van der Waals surface area contributed by atoms with E-state index in [9.17, 15) is 14.7 Å². The first-order valence-corrected chi connectivity index (χ1v) is 8.54. The molecule has 2 aromatic rings. The first-order valence-electron chi connectivity index (χ1n) is 7.66. The van der Waals surface area contributed by atoms with E-state index in [2.05, 4.69) is 10.3 Å². The van der Waals surface area contributed by atoms with E-state index in [1.54, 1.807) is 24.3 Å². The second kappa shape index (κ2) is 6.59. The van der Waals surface area contributed by atoms with E-state index in [0.717, 1.165) is 4.88 Å². The molecular formula is C17H17N3O3S. The van der Waals surface area contributed by atoms with Gasteiger partial charge in [0.1, 0.15) is 11.6 Å². The highest BCUT2D eigenvalue weighted by atomic mass is 32.1. The molecule has 1 aliphatic rings. The molecule has 1 amide bonds. The lowest BCUT2D eigenvalue weighted by Crippen LogP contribution is -2.41. The summed E-state index contributed by atoms with van der Waals surface area (Å²) >= 11 is 1.55. The molecule has 0 radical (unpaired) electrons. The van der Waals surface area contributed by atoms with Gasteiger partial charge in [-0.1, -0.05) is 6.07 Å². The summed E-state index contributed by atoms with van der Waals surface area (Å²) in [6.45, 7) is 1.63. The number of nitrogens with one attached hydrogen (secondary N) is 2. The zero-order valence-corrected chi connectivity index (χ0v) is 13.9. The quantitative estimate of drug-likeness (QED) is 0.788. The van der Waals surface area contributed by atoms with Crippen LogP contribution in [0.15, 0.2) is 28.4 Å². The van der Waals surface area contributed by atoms with Gasteiger partial charge in [-0.15, -0.1) is 11.3 Å². The number of pyridine rings is 1. The SMILES string of the molecule is Cc1[nH]c(=O)c(C#N)cc1C(=O)NC(c1cccs1)C1CC(O)C1. The Labute approximate surface area is 142 Å². The van der Waals surface area contributed by atoms with Crippen molar-refractivity contribution in [1.29, 1.82) is 5.26 Å². The van der Waals surface area contributed by atoms with Gasteiger partial charge in [0, 0.05) is 10.6 Å². The predicted octanol–water partition coefficient (Wildman–Crippen LogP) is 1.86. The van der Waals surface area contributed by atoms with Crippen LogP contribution >= 0.6 is 11.3 Å². The smallest absolute Gasteiger partial charge is 0.266 e. The summed E-state index contributed by atoms with van der Waals surface area (Å²) in [7, 11) is 0. The first-order chi connectivity index (χ1) is 11.5. The predicted molar refractivity (Wildman–Crippen MR) is 89.8 cm³/mol. The zero-order valence-electron chi connectivity index (χ0n) is 13.1. The molecule has 7 heteroatoms. The summed E-state index contributed by atoms with van der Waals surface area (Å²) in [5.41, 5.74) is 0.128. The highest BCUT2D eigenvalue weighted by molar-refractivity contribution is 7.10. The van der Waals surface area contributed by atoms with Gasteiger partial charge in [-0.25, -0.2) is 0 Å². The summed E-state index contributed by atoms with van der Waals surface area (Å²) in [6, 6.07) is 6.82. The van der Waals surface area contributed by atoms with Crippen molar-refractivity contribution in [3.8, 4) is 6.07 Å². The molecule has 3 N–H and O–H groups in total. The molecule has 1 fully saturated rings. The molecule has 0 saturated heterocycles. The summed E-state index contributed by atoms with van der Waals surface area (Å²) < 4.78 is 0. The Morgan fingerprint density at radius 3 is 2.88 bits per heavy atom. The van der Waals surface area contributed by atoms with Crippen molar-refractivity contribution in [1.82, 2.24) is 10.3 Å². The molecule has 1 unspecified atom stereocenters. The minimum absolute atomic E-state index is 0.0857. The number of carbonyl (C=O) groups is 1. The average Bonchev–Trinajstić information content (AvgIpc) is 3.04. The van der Waals surface area contributed by atoms with Gasteiger partial charge in [-0.3, -0.25) is 9.59 Å². The van der Waals surface area contributed by atoms with Crippen molar-refractivity contribution in [2.45, 2.75) is 31.9 Å². The summed E-state index contributed by atoms with van der Waals surface area (Å²) in [5.74, 6) is -0.152. The fourth-order valence-electron chi connectivity index (χ4n) is 2.95. The summed E-state index contributed by atoms with van der Waals surface area (Å²) in [6.07, 6.45) is 0.989. The van der Waals surface area contributed by atoms with Crippen molar-refractivity contribution in [2.75, 3.05) is 0 Å². The van der Waals surface area contributed by atoms with E-state index in [-0.39, 0.29) is 35.1 Å². The van der Waals surface area contributed by atoms with Crippen molar-refractivity contribution in [2.24, 2.45) is 5.92 Å². The molecule has 124 valence electrons. The molecule has 1 atom stereocenters. The molecule has 0 spiro atoms. The van der Waals surface area contributed by atoms with Crippen molar-refractivity contribution < 1.29 is 9.90 Å². The number of aliphatic hydroxyl groups excluding tert-OH is 1. The monoisotopic (exact) mass is 343 g/mol. The molecule has 1 aliphatic carbocycles. The Hall–Kier alpha value is -2.43. The zero-order chi connectivity index (χ0) is 17.3. The number of aromatic nitrogens is 1. The van der Waals surface area contributed by atoms with Gasteiger partial charge in [0.25, 0.3) is 11.5 Å². The standard InChI is InChI=1S/C17H17N3O3S/c1-9-13(7-11(8-18)16(22)19-9)17(23)20-15(10-5-12(21)6-10)14-3-2-4-24-14/h2-4,7,10,12,15,21H,5-6H2,1H3,(H,19,22)(H,20,23). The third kappa shape index (κ3) is 3.11. The molecule has 24 heavy (non-hydrogen) atoms. The molecule has 2 heterocycles. The topological polar surface area (TPSA) is 106 Å². The highest BCUT2D eigenvalue weighted by Gasteiger charge is 2.36. The van der Waals surface area contributed by atoms with Gasteiger partial charge >= 0.3 is 0 Å². The van der Waals surface area contributed by atoms with Gasteiger partial charge in [-0.05, 0) is 43.2 Å². The second-order valence-electron chi connectivity index (χ2n) is 6.01. The third-order valence-electron chi connectivity index (χ3n) is 4.36. The Morgan fingerprint density at radius 2 is 2.29 bits per heavy atom. The Kier molecular flexibility index (Phi) is 4.51. The maximum atomic E-state index is 12.7. The van der Waals surface area contributed by atoms with Crippen LogP contribution in [0.2, 0.25) is 0 Å². The van der Waals surface area contributed by atoms with E-state index in [0.29, 0.717) is 18.5 Å². The van der Waals surface area contributed by atoms with Crippen LogP contribution in [-0.4, -0.2) is 22.1 Å². The number of hydrogen-bond acceptors (Lipinski definition) is 5. The lowest BCUT2D eigenvalue weighted by Gasteiger charge is -2.37. The molecule has 0 aliphatic heterocycles. The largest absolute Gasteiger partial charge is 0.393 e. The van der Waals surface area contributed by atoms with Crippen molar-refractivity contribution >= 4 is 17.2 Å². The average molecular weight is 343 g/mol. The highest BCUT2D eigenvalue weighted by Crippen LogP contribution is 2.39. The van der Waals surface area contributed by atoms with Gasteiger partial charge in [0.2, 0.25) is 0 Å². The number of aliphatic hydroxyl groups is 1. The second-order valence-corrected chi connectivity index (χ2v) is 6.99. The maximum Gasteiger partial charge on any atom is 0.266 e. The molecule has 1 saturated carbocycles. The van der Waals surface area contributed by atoms with E-state index >= 15 is 0 Å². The lowest BCUT2D eigenvalue weighted by molar-refractivity contribution is 0.0241. The molecule has 2 aromatic heterocycles. The van der Waals surface area contributed by atoms with Crippen molar-refractivity contribution in [3.05, 3.63) is 55.6 Å². The normalized spacial score (nSPS) is 20.7. The van der Waals surface area contributed by atoms with Gasteiger partial charge < -0.3 is 15.4 Å². The number of hydrogen-bond donors (Lipinski definition) is 3. The fraction of sp³-hybridized carbons (Fsp3) is 0.353. The first kappa shape index (κ1) is 16.4. The number of aryl methyl sites for hydroxylation is 1. The number of aromatic amines is 1. The summed E-state index contributed by atoms with van der Waals surface area (Å²) in [4.78, 5) is 27.9. The molecular weight excluding hydrogens is 326 g/mol. The number of nitriles is 1. The number of amides is 1. The van der Waals surface area contributed by atoms with E-state index in [4.69, 9.17) is 5.26 Å². The van der Waals surface area contributed by atoms with Crippen LogP contribution in [0, 0.1) is 24.2 Å². The van der Waals surface area contributed by atoms with Crippen LogP contribution in [0.4, 0.5) is 0 Å². The van der Waals surface area contributed by atoms with E-state index < -0.39 is 5.56 Å². The fourth-order valence-corrected chi connectivity index (χ4v) is 3.82. The molecule has 0 aromatic carbocycles. The Balaban J connectivity index is 1.87. The molecule has 6 nitrogen and oxygen atoms in total. The molecule has 3 rings (SSSR count). The maximum absolute atomic E-state index is 12.7. The third-order valence-corrected chi connectivity index (χ3v) is 5.32. The van der Waals surface area contributed by atoms with Crippen LogP contribution in [0.3, 0.4) is 0 Å². The number of nitrogens with zero attached hydrogens (tertiary/aromatic N) is 1. The van der Waals surface area contributed by atoms with Crippen LogP contribution in [0.1, 0.15) is 45.4 Å². The minimum atomic E-state index is -0.497. The number of rotatable bonds is 4. The molecule has 0 bridgehead atoms. The van der Waals surface area contributed by atoms with E-state index in [1.165, 1.54) is 6.07 Å². The van der Waals surface area contributed by atoms with E-state index in [1.807, 2.05) is 17.5 Å².